The van der Waals surface area contributed by atoms with Crippen molar-refractivity contribution in [3.05, 3.63) is 79.9 Å². The molecule has 2 aromatic carbocycles. The monoisotopic (exact) mass is 408 g/mol. The third-order valence-corrected chi connectivity index (χ3v) is 6.28. The van der Waals surface area contributed by atoms with Gasteiger partial charge in [0.1, 0.15) is 10.0 Å². The second-order valence-corrected chi connectivity index (χ2v) is 8.31. The maximum Gasteiger partial charge on any atom is 0.224 e. The fraction of sp³-hybridized carbons (Fsp3) is 0.105. The minimum atomic E-state index is -0.418. The quantitative estimate of drug-likeness (QED) is 0.471. The predicted octanol–water partition coefficient (Wildman–Crippen LogP) is 6.87. The van der Waals surface area contributed by atoms with Crippen LogP contribution >= 0.6 is 46.7 Å². The lowest BCUT2D eigenvalue weighted by molar-refractivity contribution is 0.373. The molecule has 0 atom stereocenters. The summed E-state index contributed by atoms with van der Waals surface area (Å²) in [5.41, 5.74) is 1.89. The Kier molecular flexibility index (Phi) is 5.85. The van der Waals surface area contributed by atoms with E-state index in [0.717, 1.165) is 20.9 Å². The molecule has 25 heavy (non-hydrogen) atoms. The number of hydrogen-bond donors (Lipinski definition) is 0. The SMILES string of the molecule is Cc1ccc(Sc2oc(Sc3ccc(C)cc3)c(Cl)c(=O)c2Cl)cc1. The third kappa shape index (κ3) is 4.45. The van der Waals surface area contributed by atoms with Crippen LogP contribution in [0.15, 0.2) is 77.7 Å². The summed E-state index contributed by atoms with van der Waals surface area (Å²) in [6, 6.07) is 15.8. The third-order valence-electron chi connectivity index (χ3n) is 3.41. The van der Waals surface area contributed by atoms with Gasteiger partial charge in [-0.05, 0) is 38.1 Å². The van der Waals surface area contributed by atoms with Crippen molar-refractivity contribution in [2.45, 2.75) is 33.8 Å². The highest BCUT2D eigenvalue weighted by Crippen LogP contribution is 2.39. The van der Waals surface area contributed by atoms with Crippen LogP contribution in [0.3, 0.4) is 0 Å². The highest BCUT2D eigenvalue weighted by molar-refractivity contribution is 8.00. The molecule has 0 aliphatic rings. The molecule has 3 aromatic rings. The zero-order chi connectivity index (χ0) is 18.0. The first-order valence-corrected chi connectivity index (χ1v) is 9.84. The van der Waals surface area contributed by atoms with Gasteiger partial charge in [-0.15, -0.1) is 0 Å². The first kappa shape index (κ1) is 18.5. The Labute approximate surface area is 164 Å². The van der Waals surface area contributed by atoms with Gasteiger partial charge in [0.05, 0.1) is 0 Å². The summed E-state index contributed by atoms with van der Waals surface area (Å²) in [5.74, 6) is 0. The van der Waals surface area contributed by atoms with Gasteiger partial charge in [0.2, 0.25) is 5.43 Å². The van der Waals surface area contributed by atoms with Crippen molar-refractivity contribution < 1.29 is 4.42 Å². The molecule has 6 heteroatoms. The summed E-state index contributed by atoms with van der Waals surface area (Å²) in [7, 11) is 0. The lowest BCUT2D eigenvalue weighted by atomic mass is 10.2. The molecule has 0 unspecified atom stereocenters. The molecule has 0 amide bonds. The molecule has 0 spiro atoms. The summed E-state index contributed by atoms with van der Waals surface area (Å²) in [6.45, 7) is 4.03. The number of aryl methyl sites for hydroxylation is 2. The molecule has 128 valence electrons. The second kappa shape index (κ2) is 7.92. The molecule has 0 saturated carbocycles. The fourth-order valence-corrected chi connectivity index (χ4v) is 4.20. The molecular formula is C19H14Cl2O2S2. The standard InChI is InChI=1S/C19H14Cl2O2S2/c1-11-3-7-13(8-4-11)24-18-15(20)17(22)16(21)19(23-18)25-14-9-5-12(2)6-10-14/h3-10H,1-2H3. The van der Waals surface area contributed by atoms with Crippen LogP contribution in [0.5, 0.6) is 0 Å². The van der Waals surface area contributed by atoms with Crippen LogP contribution in [-0.2, 0) is 0 Å². The van der Waals surface area contributed by atoms with E-state index in [1.54, 1.807) is 0 Å². The minimum absolute atomic E-state index is 0.00355. The smallest absolute Gasteiger partial charge is 0.224 e. The highest BCUT2D eigenvalue weighted by atomic mass is 35.5. The molecule has 0 saturated heterocycles. The Morgan fingerprint density at radius 3 is 1.44 bits per heavy atom. The van der Waals surface area contributed by atoms with Gasteiger partial charge in [0, 0.05) is 9.79 Å². The molecule has 1 aromatic heterocycles. The maximum absolute atomic E-state index is 12.3. The first-order valence-electron chi connectivity index (χ1n) is 7.45. The zero-order valence-electron chi connectivity index (χ0n) is 13.5. The maximum atomic E-state index is 12.3. The molecule has 0 aliphatic carbocycles. The van der Waals surface area contributed by atoms with E-state index >= 15 is 0 Å². The van der Waals surface area contributed by atoms with E-state index in [4.69, 9.17) is 27.6 Å². The topological polar surface area (TPSA) is 30.2 Å². The van der Waals surface area contributed by atoms with Crippen molar-refractivity contribution in [3.63, 3.8) is 0 Å². The Bertz CT molecular complexity index is 874. The van der Waals surface area contributed by atoms with Gasteiger partial charge in [-0.3, -0.25) is 4.79 Å². The van der Waals surface area contributed by atoms with Crippen LogP contribution in [-0.4, -0.2) is 0 Å². The number of rotatable bonds is 4. The van der Waals surface area contributed by atoms with Gasteiger partial charge in [-0.25, -0.2) is 0 Å². The van der Waals surface area contributed by atoms with Gasteiger partial charge in [-0.1, -0.05) is 82.1 Å². The largest absolute Gasteiger partial charge is 0.439 e. The molecular weight excluding hydrogens is 395 g/mol. The molecule has 0 N–H and O–H groups in total. The average Bonchev–Trinajstić information content (AvgIpc) is 2.61. The molecule has 0 bridgehead atoms. The van der Waals surface area contributed by atoms with Gasteiger partial charge >= 0.3 is 0 Å². The van der Waals surface area contributed by atoms with E-state index in [1.807, 2.05) is 62.4 Å². The van der Waals surface area contributed by atoms with Crippen LogP contribution in [0.4, 0.5) is 0 Å². The van der Waals surface area contributed by atoms with Crippen molar-refractivity contribution in [3.8, 4) is 0 Å². The molecule has 0 aliphatic heterocycles. The Morgan fingerprint density at radius 2 is 1.08 bits per heavy atom. The van der Waals surface area contributed by atoms with Crippen molar-refractivity contribution in [1.82, 2.24) is 0 Å². The van der Waals surface area contributed by atoms with Crippen LogP contribution in [0.25, 0.3) is 0 Å². The minimum Gasteiger partial charge on any atom is -0.439 e. The van der Waals surface area contributed by atoms with E-state index in [2.05, 4.69) is 0 Å². The summed E-state index contributed by atoms with van der Waals surface area (Å²) >= 11 is 14.9. The van der Waals surface area contributed by atoms with Crippen LogP contribution in [0.1, 0.15) is 11.1 Å². The predicted molar refractivity (Wildman–Crippen MR) is 106 cm³/mol. The van der Waals surface area contributed by atoms with Crippen molar-refractivity contribution in [2.75, 3.05) is 0 Å². The van der Waals surface area contributed by atoms with Crippen molar-refractivity contribution in [2.24, 2.45) is 0 Å². The average molecular weight is 409 g/mol. The lowest BCUT2D eigenvalue weighted by Gasteiger charge is -2.08. The van der Waals surface area contributed by atoms with E-state index in [1.165, 1.54) is 23.5 Å². The number of halogens is 2. The van der Waals surface area contributed by atoms with Gasteiger partial charge in [-0.2, -0.15) is 0 Å². The summed E-state index contributed by atoms with van der Waals surface area (Å²) in [5, 5.41) is 0.691. The molecule has 2 nitrogen and oxygen atoms in total. The van der Waals surface area contributed by atoms with Crippen molar-refractivity contribution >= 4 is 46.7 Å². The highest BCUT2D eigenvalue weighted by Gasteiger charge is 2.18. The molecule has 0 radical (unpaired) electrons. The molecule has 3 rings (SSSR count). The lowest BCUT2D eigenvalue weighted by Crippen LogP contribution is -2.04. The van der Waals surface area contributed by atoms with Crippen LogP contribution in [0.2, 0.25) is 10.0 Å². The van der Waals surface area contributed by atoms with E-state index in [9.17, 15) is 4.79 Å². The summed E-state index contributed by atoms with van der Waals surface area (Å²) in [6.07, 6.45) is 0. The van der Waals surface area contributed by atoms with E-state index in [0.29, 0.717) is 10.2 Å². The zero-order valence-corrected chi connectivity index (χ0v) is 16.7. The van der Waals surface area contributed by atoms with Crippen molar-refractivity contribution in [1.29, 1.82) is 0 Å². The van der Waals surface area contributed by atoms with Gasteiger partial charge in [0.25, 0.3) is 0 Å². The molecule has 1 heterocycles. The summed E-state index contributed by atoms with van der Waals surface area (Å²) in [4.78, 5) is 14.2. The Balaban J connectivity index is 1.96. The van der Waals surface area contributed by atoms with Crippen LogP contribution in [0, 0.1) is 13.8 Å². The Morgan fingerprint density at radius 1 is 0.720 bits per heavy atom. The van der Waals surface area contributed by atoms with Gasteiger partial charge < -0.3 is 4.42 Å². The number of benzene rings is 2. The van der Waals surface area contributed by atoms with Crippen LogP contribution < -0.4 is 5.43 Å². The van der Waals surface area contributed by atoms with E-state index < -0.39 is 5.43 Å². The number of hydrogen-bond acceptors (Lipinski definition) is 4. The first-order chi connectivity index (χ1) is 11.9. The fourth-order valence-electron chi connectivity index (χ4n) is 2.01. The molecule has 0 fully saturated rings. The normalized spacial score (nSPS) is 10.9. The summed E-state index contributed by atoms with van der Waals surface area (Å²) < 4.78 is 5.85. The Hall–Kier alpha value is -1.33. The van der Waals surface area contributed by atoms with Gasteiger partial charge in [0.15, 0.2) is 10.2 Å². The second-order valence-electron chi connectivity index (χ2n) is 5.46. The van der Waals surface area contributed by atoms with E-state index in [-0.39, 0.29) is 10.0 Å².